The van der Waals surface area contributed by atoms with E-state index in [9.17, 15) is 18.0 Å². The number of hydrogen-bond donors (Lipinski definition) is 1. The fourth-order valence-corrected chi connectivity index (χ4v) is 3.35. The molecule has 0 unspecified atom stereocenters. The Hall–Kier alpha value is -1.55. The lowest BCUT2D eigenvalue weighted by Gasteiger charge is -2.08. The monoisotopic (exact) mass is 453 g/mol. The summed E-state index contributed by atoms with van der Waals surface area (Å²) in [5.41, 5.74) is -0.825. The molecule has 2 aromatic heterocycles. The van der Waals surface area contributed by atoms with Crippen LogP contribution in [0.4, 0.5) is 13.2 Å². The molecule has 1 aliphatic rings. The minimum absolute atomic E-state index is 0.0582. The maximum absolute atomic E-state index is 13.0. The lowest BCUT2D eigenvalue weighted by Crippen LogP contribution is -2.30. The highest BCUT2D eigenvalue weighted by molar-refractivity contribution is 9.10. The summed E-state index contributed by atoms with van der Waals surface area (Å²) in [5.74, 6) is -0.460. The fourth-order valence-electron chi connectivity index (χ4n) is 2.62. The van der Waals surface area contributed by atoms with Crippen LogP contribution in [-0.4, -0.2) is 32.0 Å². The van der Waals surface area contributed by atoms with Gasteiger partial charge in [0.25, 0.3) is 0 Å². The highest BCUT2D eigenvalue weighted by atomic mass is 79.9. The molecule has 0 aromatic carbocycles. The first-order valence-electron chi connectivity index (χ1n) is 8.03. The van der Waals surface area contributed by atoms with E-state index < -0.39 is 22.8 Å². The Balaban J connectivity index is 1.57. The second-order valence-electron chi connectivity index (χ2n) is 6.10. The number of rotatable bonds is 7. The van der Waals surface area contributed by atoms with E-state index >= 15 is 0 Å². The molecule has 0 radical (unpaired) electrons. The molecule has 1 fully saturated rings. The standard InChI is InChI=1S/C15H16BrClF3N5O/c16-10-6-22-24(7-10)5-1-4-21-11(26)8-25-13(9-2-3-9)12(17)14(23-25)15(18,19)20/h6-7,9H,1-5,8H2,(H,21,26). The van der Waals surface area contributed by atoms with Crippen molar-refractivity contribution in [2.24, 2.45) is 0 Å². The van der Waals surface area contributed by atoms with Gasteiger partial charge in [0, 0.05) is 25.2 Å². The molecule has 3 rings (SSSR count). The van der Waals surface area contributed by atoms with E-state index in [-0.39, 0.29) is 12.5 Å². The van der Waals surface area contributed by atoms with Crippen molar-refractivity contribution < 1.29 is 18.0 Å². The number of aromatic nitrogens is 4. The highest BCUT2D eigenvalue weighted by Gasteiger charge is 2.42. The second kappa shape index (κ2) is 7.59. The zero-order chi connectivity index (χ0) is 18.9. The van der Waals surface area contributed by atoms with Gasteiger partial charge in [-0.05, 0) is 35.2 Å². The van der Waals surface area contributed by atoms with Crippen molar-refractivity contribution in [3.63, 3.8) is 0 Å². The number of alkyl halides is 3. The summed E-state index contributed by atoms with van der Waals surface area (Å²) < 4.78 is 42.7. The van der Waals surface area contributed by atoms with Crippen LogP contribution in [0.15, 0.2) is 16.9 Å². The molecule has 0 aliphatic heterocycles. The summed E-state index contributed by atoms with van der Waals surface area (Å²) >= 11 is 9.17. The van der Waals surface area contributed by atoms with Gasteiger partial charge in [0.1, 0.15) is 6.54 Å². The van der Waals surface area contributed by atoms with Gasteiger partial charge in [-0.3, -0.25) is 14.2 Å². The SMILES string of the molecule is O=C(Cn1nc(C(F)(F)F)c(Cl)c1C1CC1)NCCCn1cc(Br)cn1. The Morgan fingerprint density at radius 3 is 2.73 bits per heavy atom. The van der Waals surface area contributed by atoms with Gasteiger partial charge in [-0.1, -0.05) is 11.6 Å². The van der Waals surface area contributed by atoms with Crippen molar-refractivity contribution in [2.45, 2.75) is 44.4 Å². The first-order chi connectivity index (χ1) is 12.3. The number of carbonyl (C=O) groups excluding carboxylic acids is 1. The lowest BCUT2D eigenvalue weighted by molar-refractivity contribution is -0.141. The van der Waals surface area contributed by atoms with Gasteiger partial charge in [-0.25, -0.2) is 0 Å². The molecule has 26 heavy (non-hydrogen) atoms. The molecule has 0 spiro atoms. The van der Waals surface area contributed by atoms with E-state index in [2.05, 4.69) is 31.4 Å². The van der Waals surface area contributed by atoms with E-state index in [0.717, 1.165) is 22.0 Å². The molecule has 2 aromatic rings. The molecular weight excluding hydrogens is 439 g/mol. The van der Waals surface area contributed by atoms with Crippen LogP contribution >= 0.6 is 27.5 Å². The minimum atomic E-state index is -4.64. The Morgan fingerprint density at radius 2 is 2.15 bits per heavy atom. The molecule has 0 saturated heterocycles. The molecule has 142 valence electrons. The molecule has 2 heterocycles. The molecular formula is C15H16BrClF3N5O. The third-order valence-corrected chi connectivity index (χ3v) is 4.73. The molecule has 11 heteroatoms. The summed E-state index contributed by atoms with van der Waals surface area (Å²) in [7, 11) is 0. The minimum Gasteiger partial charge on any atom is -0.354 e. The molecule has 6 nitrogen and oxygen atoms in total. The quantitative estimate of drug-likeness (QED) is 0.650. The van der Waals surface area contributed by atoms with E-state index in [0.29, 0.717) is 25.2 Å². The van der Waals surface area contributed by atoms with Gasteiger partial charge < -0.3 is 5.32 Å². The average Bonchev–Trinajstić information content (AvgIpc) is 3.20. The first kappa shape index (κ1) is 19.2. The van der Waals surface area contributed by atoms with Gasteiger partial charge >= 0.3 is 6.18 Å². The summed E-state index contributed by atoms with van der Waals surface area (Å²) in [6.45, 7) is 0.718. The van der Waals surface area contributed by atoms with Gasteiger partial charge in [0.15, 0.2) is 5.69 Å². The second-order valence-corrected chi connectivity index (χ2v) is 7.40. The van der Waals surface area contributed by atoms with Gasteiger partial charge in [0.2, 0.25) is 5.91 Å². The van der Waals surface area contributed by atoms with Crippen LogP contribution < -0.4 is 5.32 Å². The van der Waals surface area contributed by atoms with Gasteiger partial charge in [-0.15, -0.1) is 0 Å². The van der Waals surface area contributed by atoms with Crippen LogP contribution in [0.2, 0.25) is 5.02 Å². The summed E-state index contributed by atoms with van der Waals surface area (Å²) in [6, 6.07) is 0. The lowest BCUT2D eigenvalue weighted by atomic mass is 10.2. The number of aryl methyl sites for hydroxylation is 1. The third-order valence-electron chi connectivity index (χ3n) is 3.95. The van der Waals surface area contributed by atoms with Crippen molar-refractivity contribution in [1.82, 2.24) is 24.9 Å². The Labute approximate surface area is 160 Å². The predicted octanol–water partition coefficient (Wildman–Crippen LogP) is 3.60. The fraction of sp³-hybridized carbons (Fsp3) is 0.533. The van der Waals surface area contributed by atoms with E-state index in [1.165, 1.54) is 0 Å². The zero-order valence-electron chi connectivity index (χ0n) is 13.6. The Kier molecular flexibility index (Phi) is 5.61. The van der Waals surface area contributed by atoms with Crippen molar-refractivity contribution in [1.29, 1.82) is 0 Å². The van der Waals surface area contributed by atoms with Crippen molar-refractivity contribution in [3.05, 3.63) is 33.3 Å². The van der Waals surface area contributed by atoms with E-state index in [1.54, 1.807) is 10.9 Å². The van der Waals surface area contributed by atoms with Crippen molar-refractivity contribution >= 4 is 33.4 Å². The van der Waals surface area contributed by atoms with Crippen molar-refractivity contribution in [3.8, 4) is 0 Å². The van der Waals surface area contributed by atoms with Gasteiger partial charge in [-0.2, -0.15) is 23.4 Å². The summed E-state index contributed by atoms with van der Waals surface area (Å²) in [4.78, 5) is 12.1. The Bertz CT molecular complexity index is 800. The maximum atomic E-state index is 13.0. The van der Waals surface area contributed by atoms with E-state index in [1.807, 2.05) is 6.20 Å². The van der Waals surface area contributed by atoms with Crippen LogP contribution in [0.1, 0.15) is 36.6 Å². The van der Waals surface area contributed by atoms with Crippen molar-refractivity contribution in [2.75, 3.05) is 6.54 Å². The van der Waals surface area contributed by atoms with Crippen LogP contribution in [0.25, 0.3) is 0 Å². The molecule has 1 N–H and O–H groups in total. The number of nitrogens with one attached hydrogen (secondary N) is 1. The molecule has 0 bridgehead atoms. The molecule has 1 aliphatic carbocycles. The van der Waals surface area contributed by atoms with Crippen LogP contribution in [0, 0.1) is 0 Å². The normalized spacial score (nSPS) is 14.7. The largest absolute Gasteiger partial charge is 0.436 e. The van der Waals surface area contributed by atoms with Crippen LogP contribution in [-0.2, 0) is 24.1 Å². The summed E-state index contributed by atoms with van der Waals surface area (Å²) in [5, 5.41) is 9.93. The third kappa shape index (κ3) is 4.59. The average molecular weight is 455 g/mol. The summed E-state index contributed by atoms with van der Waals surface area (Å²) in [6.07, 6.45) is 0.989. The number of hydrogen-bond acceptors (Lipinski definition) is 3. The first-order valence-corrected chi connectivity index (χ1v) is 9.21. The molecule has 1 saturated carbocycles. The number of carbonyl (C=O) groups is 1. The zero-order valence-corrected chi connectivity index (χ0v) is 15.9. The maximum Gasteiger partial charge on any atom is 0.436 e. The highest BCUT2D eigenvalue weighted by Crippen LogP contribution is 2.46. The molecule has 1 amide bonds. The van der Waals surface area contributed by atoms with E-state index in [4.69, 9.17) is 11.6 Å². The Morgan fingerprint density at radius 1 is 1.42 bits per heavy atom. The van der Waals surface area contributed by atoms with Crippen LogP contribution in [0.3, 0.4) is 0 Å². The number of amides is 1. The van der Waals surface area contributed by atoms with Crippen LogP contribution in [0.5, 0.6) is 0 Å². The predicted molar refractivity (Wildman–Crippen MR) is 91.8 cm³/mol. The van der Waals surface area contributed by atoms with Gasteiger partial charge in [0.05, 0.1) is 21.4 Å². The molecule has 0 atom stereocenters. The smallest absolute Gasteiger partial charge is 0.354 e. The topological polar surface area (TPSA) is 64.7 Å². The number of halogens is 5. The number of nitrogens with zero attached hydrogens (tertiary/aromatic N) is 4.